The number of ether oxygens (including phenoxy) is 4. The van der Waals surface area contributed by atoms with Crippen LogP contribution in [0.5, 0.6) is 0 Å². The molecule has 580 valence electrons. The van der Waals surface area contributed by atoms with Gasteiger partial charge in [-0.15, -0.1) is 0 Å². The van der Waals surface area contributed by atoms with Crippen LogP contribution in [-0.4, -0.2) is 140 Å². The molecule has 0 bridgehead atoms. The second-order valence-electron chi connectivity index (χ2n) is 28.9. The summed E-state index contributed by atoms with van der Waals surface area (Å²) >= 11 is 0. The summed E-state index contributed by atoms with van der Waals surface area (Å²) in [5.74, 6) is -0.204. The Kier molecular flexibility index (Phi) is 64.1. The maximum atomic E-state index is 13.4. The molecule has 12 unspecified atom stereocenters. The van der Waals surface area contributed by atoms with Gasteiger partial charge in [0.2, 0.25) is 5.91 Å². The van der Waals surface area contributed by atoms with E-state index in [1.165, 1.54) is 218 Å². The van der Waals surface area contributed by atoms with Crippen molar-refractivity contribution in [3.63, 3.8) is 0 Å². The van der Waals surface area contributed by atoms with E-state index in [4.69, 9.17) is 18.9 Å². The van der Waals surface area contributed by atoms with Crippen LogP contribution in [0, 0.1) is 0 Å². The van der Waals surface area contributed by atoms with Crippen molar-refractivity contribution in [2.75, 3.05) is 19.8 Å². The molecule has 2 aliphatic rings. The van der Waals surface area contributed by atoms with E-state index < -0.39 is 86.8 Å². The molecule has 0 radical (unpaired) electrons. The quantitative estimate of drug-likeness (QED) is 0.0204. The summed E-state index contributed by atoms with van der Waals surface area (Å²) in [5.41, 5.74) is 0. The largest absolute Gasteiger partial charge is 0.394 e. The van der Waals surface area contributed by atoms with Crippen molar-refractivity contribution in [3.8, 4) is 0 Å². The number of amides is 1. The lowest BCUT2D eigenvalue weighted by molar-refractivity contribution is -0.359. The number of nitrogens with one attached hydrogen (secondary N) is 1. The second kappa shape index (κ2) is 69.0. The topological polar surface area (TPSA) is 228 Å². The number of unbranched alkanes of at least 4 members (excludes halogenated alkanes) is 40. The summed E-state index contributed by atoms with van der Waals surface area (Å²) in [6.45, 7) is 2.79. The van der Waals surface area contributed by atoms with Crippen LogP contribution >= 0.6 is 0 Å². The molecule has 0 aromatic carbocycles. The average Bonchev–Trinajstić information content (AvgIpc) is 0.791. The number of carbonyl (C=O) groups excluding carboxylic acids is 1. The Hall–Kier alpha value is -3.09. The van der Waals surface area contributed by atoms with Gasteiger partial charge in [0.1, 0.15) is 48.8 Å². The minimum Gasteiger partial charge on any atom is -0.394 e. The molecule has 2 aliphatic heterocycles. The minimum absolute atomic E-state index is 0.204. The summed E-state index contributed by atoms with van der Waals surface area (Å²) in [4.78, 5) is 13.4. The monoisotopic (exact) mass is 1410 g/mol. The van der Waals surface area contributed by atoms with Crippen molar-refractivity contribution in [2.24, 2.45) is 0 Å². The lowest BCUT2D eigenvalue weighted by atomic mass is 9.97. The van der Waals surface area contributed by atoms with E-state index in [-0.39, 0.29) is 12.5 Å². The summed E-state index contributed by atoms with van der Waals surface area (Å²) in [7, 11) is 0. The van der Waals surface area contributed by atoms with E-state index in [0.29, 0.717) is 12.8 Å². The lowest BCUT2D eigenvalue weighted by Gasteiger charge is -2.46. The highest BCUT2D eigenvalue weighted by Gasteiger charge is 2.51. The molecule has 0 aromatic heterocycles. The summed E-state index contributed by atoms with van der Waals surface area (Å²) in [6.07, 6.45) is 81.6. The van der Waals surface area contributed by atoms with Crippen molar-refractivity contribution in [3.05, 3.63) is 97.2 Å². The van der Waals surface area contributed by atoms with Crippen molar-refractivity contribution in [1.29, 1.82) is 0 Å². The summed E-state index contributed by atoms with van der Waals surface area (Å²) in [6, 6.07) is -0.834. The van der Waals surface area contributed by atoms with Crippen LogP contribution in [0.3, 0.4) is 0 Å². The standard InChI is InChI=1S/C86H153NO13/c1-3-5-7-9-11-13-15-17-19-21-23-25-27-29-30-31-32-33-34-35-36-37-38-39-40-41-42-43-44-46-48-50-52-54-56-58-60-62-64-66-68-70-78(91)87-74(73-97-85-83(96)81(94)84(77(72-89)99-85)100-86-82(95)80(93)79(92)76(71-88)98-86)75(90)69-67-65-63-61-59-57-55-53-51-49-47-45-28-26-24-22-20-18-16-14-12-10-8-6-4-2/h5,7,11,13,17,19,23,25,29-30,32-33,35-36,38-39,74-77,79-86,88-90,92-96H,3-4,6,8-10,12,14-16,18,20-22,24,26-28,31,34,37,40-73H2,1-2H3,(H,87,91)/b7-5-,13-11-,19-17-,25-23-,30-29-,33-32-,36-35-,39-38-. The predicted octanol–water partition coefficient (Wildman–Crippen LogP) is 19.2. The Balaban J connectivity index is 1.58. The number of allylic oxidation sites excluding steroid dienone is 16. The van der Waals surface area contributed by atoms with Gasteiger partial charge in [-0.25, -0.2) is 0 Å². The molecule has 2 rings (SSSR count). The molecular formula is C86H153NO13. The molecular weight excluding hydrogens is 1250 g/mol. The van der Waals surface area contributed by atoms with Crippen molar-refractivity contribution >= 4 is 5.91 Å². The Bertz CT molecular complexity index is 2050. The second-order valence-corrected chi connectivity index (χ2v) is 28.9. The van der Waals surface area contributed by atoms with E-state index in [1.807, 2.05) is 0 Å². The molecule has 2 saturated heterocycles. The van der Waals surface area contributed by atoms with E-state index in [9.17, 15) is 45.6 Å². The number of rotatable bonds is 69. The first-order valence-electron chi connectivity index (χ1n) is 41.5. The number of hydrogen-bond acceptors (Lipinski definition) is 13. The first-order valence-corrected chi connectivity index (χ1v) is 41.5. The van der Waals surface area contributed by atoms with Gasteiger partial charge < -0.3 is 65.1 Å². The smallest absolute Gasteiger partial charge is 0.220 e. The van der Waals surface area contributed by atoms with E-state index >= 15 is 0 Å². The fourth-order valence-corrected chi connectivity index (χ4v) is 13.3. The Morgan fingerprint density at radius 3 is 1.06 bits per heavy atom. The highest BCUT2D eigenvalue weighted by molar-refractivity contribution is 5.76. The molecule has 0 aromatic rings. The number of aliphatic hydroxyl groups is 8. The van der Waals surface area contributed by atoms with E-state index in [2.05, 4.69) is 116 Å². The molecule has 14 heteroatoms. The molecule has 100 heavy (non-hydrogen) atoms. The highest BCUT2D eigenvalue weighted by Crippen LogP contribution is 2.30. The number of hydrogen-bond donors (Lipinski definition) is 9. The maximum Gasteiger partial charge on any atom is 0.220 e. The first-order chi connectivity index (χ1) is 49.1. The first kappa shape index (κ1) is 93.0. The third-order valence-electron chi connectivity index (χ3n) is 19.8. The van der Waals surface area contributed by atoms with Gasteiger partial charge in [-0.05, 0) is 77.0 Å². The molecule has 14 nitrogen and oxygen atoms in total. The molecule has 0 spiro atoms. The molecule has 0 saturated carbocycles. The molecule has 0 aliphatic carbocycles. The third kappa shape index (κ3) is 51.2. The van der Waals surface area contributed by atoms with Gasteiger partial charge in [0.15, 0.2) is 12.6 Å². The fraction of sp³-hybridized carbons (Fsp3) is 0.802. The van der Waals surface area contributed by atoms with Crippen LogP contribution < -0.4 is 5.32 Å². The number of carbonyl (C=O) groups is 1. The zero-order chi connectivity index (χ0) is 72.2. The van der Waals surface area contributed by atoms with Gasteiger partial charge in [-0.1, -0.05) is 361 Å². The Labute approximate surface area is 611 Å². The lowest BCUT2D eigenvalue weighted by Crippen LogP contribution is -2.65. The highest BCUT2D eigenvalue weighted by atomic mass is 16.7. The van der Waals surface area contributed by atoms with Gasteiger partial charge in [-0.3, -0.25) is 4.79 Å². The average molecular weight is 1410 g/mol. The van der Waals surface area contributed by atoms with Crippen LogP contribution in [-0.2, 0) is 23.7 Å². The molecule has 9 N–H and O–H groups in total. The number of aliphatic hydroxyl groups excluding tert-OH is 8. The maximum absolute atomic E-state index is 13.4. The van der Waals surface area contributed by atoms with Gasteiger partial charge in [0.05, 0.1) is 32.0 Å². The minimum atomic E-state index is -1.79. The SMILES string of the molecule is CC/C=C\C/C=C\C/C=C\C/C=C\C/C=C\C/C=C\C/C=C\C/C=C\CCCCCCCCCCCCCCCCCCC(=O)NC(COC1OC(CO)C(OC2OC(CO)C(O)C(O)C2O)C(O)C1O)C(O)CCCCCCCCCCCCCCCCCCCCCCCCCCC. The predicted molar refractivity (Wildman–Crippen MR) is 415 cm³/mol. The van der Waals surface area contributed by atoms with Gasteiger partial charge in [0, 0.05) is 6.42 Å². The third-order valence-corrected chi connectivity index (χ3v) is 19.8. The van der Waals surface area contributed by atoms with Crippen LogP contribution in [0.15, 0.2) is 97.2 Å². The van der Waals surface area contributed by atoms with Gasteiger partial charge in [0.25, 0.3) is 0 Å². The van der Waals surface area contributed by atoms with Crippen LogP contribution in [0.1, 0.15) is 348 Å². The van der Waals surface area contributed by atoms with E-state index in [0.717, 1.165) is 103 Å². The van der Waals surface area contributed by atoms with E-state index in [1.54, 1.807) is 0 Å². The molecule has 2 fully saturated rings. The van der Waals surface area contributed by atoms with Gasteiger partial charge >= 0.3 is 0 Å². The zero-order valence-corrected chi connectivity index (χ0v) is 63.7. The van der Waals surface area contributed by atoms with Gasteiger partial charge in [-0.2, -0.15) is 0 Å². The van der Waals surface area contributed by atoms with Crippen LogP contribution in [0.25, 0.3) is 0 Å². The molecule has 2 heterocycles. The molecule has 12 atom stereocenters. The molecule has 1 amide bonds. The Morgan fingerprint density at radius 2 is 0.690 bits per heavy atom. The summed E-state index contributed by atoms with van der Waals surface area (Å²) < 4.78 is 23.0. The van der Waals surface area contributed by atoms with Crippen LogP contribution in [0.4, 0.5) is 0 Å². The summed E-state index contributed by atoms with van der Waals surface area (Å²) in [5, 5.41) is 87.9. The Morgan fingerprint density at radius 1 is 0.370 bits per heavy atom. The van der Waals surface area contributed by atoms with Crippen molar-refractivity contribution in [2.45, 2.75) is 421 Å². The van der Waals surface area contributed by atoms with Crippen LogP contribution in [0.2, 0.25) is 0 Å². The van der Waals surface area contributed by atoms with Crippen molar-refractivity contribution in [1.82, 2.24) is 5.32 Å². The zero-order valence-electron chi connectivity index (χ0n) is 63.7. The van der Waals surface area contributed by atoms with Crippen molar-refractivity contribution < 1.29 is 64.6 Å². The normalized spacial score (nSPS) is 22.3. The fourth-order valence-electron chi connectivity index (χ4n) is 13.3.